The molecule has 1 N–H and O–H groups in total. The molecule has 1 aromatic rings. The molecule has 2 aliphatic rings. The van der Waals surface area contributed by atoms with E-state index in [0.29, 0.717) is 12.8 Å². The maximum Gasteiger partial charge on any atom is 0.333 e. The highest BCUT2D eigenvalue weighted by Gasteiger charge is 2.63. The Morgan fingerprint density at radius 3 is 2.50 bits per heavy atom. The highest BCUT2D eigenvalue weighted by atomic mass is 32.2. The van der Waals surface area contributed by atoms with E-state index in [1.807, 2.05) is 40.7 Å². The van der Waals surface area contributed by atoms with Gasteiger partial charge in [-0.3, -0.25) is 8.98 Å². The first-order chi connectivity index (χ1) is 17.7. The van der Waals surface area contributed by atoms with Gasteiger partial charge in [-0.15, -0.1) is 6.58 Å². The van der Waals surface area contributed by atoms with Crippen LogP contribution in [0.1, 0.15) is 72.3 Å². The van der Waals surface area contributed by atoms with E-state index >= 15 is 0 Å². The highest BCUT2D eigenvalue weighted by molar-refractivity contribution is 7.86. The fourth-order valence-corrected chi connectivity index (χ4v) is 7.70. The molecule has 8 heteroatoms. The summed E-state index contributed by atoms with van der Waals surface area (Å²) in [5, 5.41) is 11.5. The number of carbonyl (C=O) groups excluding carboxylic acids is 2. The monoisotopic (exact) mass is 548 g/mol. The van der Waals surface area contributed by atoms with Crippen LogP contribution in [0.2, 0.25) is 0 Å². The number of aryl methyl sites for hydroxylation is 1. The van der Waals surface area contributed by atoms with Crippen LogP contribution in [0.25, 0.3) is 0 Å². The first kappa shape index (κ1) is 30.5. The summed E-state index contributed by atoms with van der Waals surface area (Å²) in [6.07, 6.45) is 4.66. The zero-order valence-electron chi connectivity index (χ0n) is 23.7. The Morgan fingerprint density at radius 1 is 1.29 bits per heavy atom. The number of fused-ring (bicyclic) bond motifs is 1. The van der Waals surface area contributed by atoms with E-state index in [2.05, 4.69) is 13.5 Å². The van der Waals surface area contributed by atoms with Crippen LogP contribution in [0.5, 0.6) is 0 Å². The number of aliphatic hydroxyl groups is 1. The molecule has 2 saturated carbocycles. The minimum atomic E-state index is -4.10. The first-order valence-electron chi connectivity index (χ1n) is 13.6. The predicted molar refractivity (Wildman–Crippen MR) is 146 cm³/mol. The molecule has 0 bridgehead atoms. The van der Waals surface area contributed by atoms with Crippen LogP contribution in [-0.2, 0) is 28.6 Å². The van der Waals surface area contributed by atoms with Crippen molar-refractivity contribution in [1.82, 2.24) is 0 Å². The lowest BCUT2D eigenvalue weighted by Gasteiger charge is -2.56. The molecule has 7 atom stereocenters. The molecule has 0 unspecified atom stereocenters. The van der Waals surface area contributed by atoms with Gasteiger partial charge in [0.2, 0.25) is 0 Å². The molecular weight excluding hydrogens is 504 g/mol. The van der Waals surface area contributed by atoms with Gasteiger partial charge in [-0.2, -0.15) is 8.42 Å². The fraction of sp³-hybridized carbons (Fsp3) is 0.667. The standard InChI is InChI=1S/C30H44O7S/c1-8-28(6,9-2)27(33)22(5)30-16-14-21(4)29(7,26(30)24(31)15-17-30)19-36-25(32)18-37-38(34,35)23-12-10-20(3)11-13-23/h8,10-13,21-22,26-27,33H,1,9,14-19H2,2-7H3/t21-,22+,26+,27+,28-,29-,30+/m1/s1. The Labute approximate surface area is 228 Å². The van der Waals surface area contributed by atoms with Crippen molar-refractivity contribution in [2.75, 3.05) is 13.2 Å². The van der Waals surface area contributed by atoms with Crippen molar-refractivity contribution >= 4 is 21.9 Å². The number of ketones is 1. The van der Waals surface area contributed by atoms with Crippen molar-refractivity contribution < 1.29 is 32.0 Å². The SMILES string of the molecule is C=C[C@](C)(CC)[C@@H](O)[C@H](C)[C@]12CCC(=O)[C@H]1[C@](C)(COC(=O)COS(=O)(=O)c1ccc(C)cc1)[C@H](C)CC2. The Balaban J connectivity index is 1.77. The smallest absolute Gasteiger partial charge is 0.333 e. The molecule has 38 heavy (non-hydrogen) atoms. The van der Waals surface area contributed by atoms with Crippen molar-refractivity contribution in [2.45, 2.75) is 84.6 Å². The van der Waals surface area contributed by atoms with Crippen LogP contribution in [-0.4, -0.2) is 44.6 Å². The zero-order valence-corrected chi connectivity index (χ0v) is 24.5. The molecule has 0 saturated heterocycles. The second-order valence-corrected chi connectivity index (χ2v) is 13.7. The van der Waals surface area contributed by atoms with Gasteiger partial charge in [-0.25, -0.2) is 4.79 Å². The average molecular weight is 549 g/mol. The summed E-state index contributed by atoms with van der Waals surface area (Å²) in [4.78, 5) is 26.0. The molecule has 2 aliphatic carbocycles. The maximum absolute atomic E-state index is 13.4. The largest absolute Gasteiger partial charge is 0.463 e. The third kappa shape index (κ3) is 5.50. The minimum Gasteiger partial charge on any atom is -0.463 e. The number of ether oxygens (including phenoxy) is 1. The summed E-state index contributed by atoms with van der Waals surface area (Å²) in [6, 6.07) is 6.16. The van der Waals surface area contributed by atoms with E-state index in [-0.39, 0.29) is 35.0 Å². The van der Waals surface area contributed by atoms with Gasteiger partial charge in [0.15, 0.2) is 6.61 Å². The Bertz CT molecular complexity index is 1140. The number of aliphatic hydroxyl groups excluding tert-OH is 1. The number of carbonyl (C=O) groups is 2. The van der Waals surface area contributed by atoms with Crippen LogP contribution in [0.15, 0.2) is 41.8 Å². The van der Waals surface area contributed by atoms with Gasteiger partial charge in [0.05, 0.1) is 17.6 Å². The number of esters is 1. The van der Waals surface area contributed by atoms with Crippen LogP contribution in [0.4, 0.5) is 0 Å². The summed E-state index contributed by atoms with van der Waals surface area (Å²) in [7, 11) is -4.10. The molecule has 7 nitrogen and oxygen atoms in total. The minimum absolute atomic E-state index is 0.0194. The normalized spacial score (nSPS) is 30.7. The molecule has 0 spiro atoms. The number of benzene rings is 1. The molecule has 212 valence electrons. The Kier molecular flexibility index (Phi) is 9.01. The van der Waals surface area contributed by atoms with Gasteiger partial charge in [0, 0.05) is 23.2 Å². The van der Waals surface area contributed by atoms with Crippen molar-refractivity contribution in [3.05, 3.63) is 42.5 Å². The van der Waals surface area contributed by atoms with E-state index in [9.17, 15) is 23.1 Å². The van der Waals surface area contributed by atoms with Crippen molar-refractivity contribution in [2.24, 2.45) is 34.0 Å². The topological polar surface area (TPSA) is 107 Å². The van der Waals surface area contributed by atoms with Crippen LogP contribution < -0.4 is 0 Å². The van der Waals surface area contributed by atoms with Gasteiger partial charge >= 0.3 is 5.97 Å². The van der Waals surface area contributed by atoms with Crippen LogP contribution >= 0.6 is 0 Å². The van der Waals surface area contributed by atoms with Gasteiger partial charge in [0.1, 0.15) is 5.78 Å². The van der Waals surface area contributed by atoms with Gasteiger partial charge < -0.3 is 9.84 Å². The van der Waals surface area contributed by atoms with Crippen LogP contribution in [0, 0.1) is 40.9 Å². The van der Waals surface area contributed by atoms with Gasteiger partial charge in [0.25, 0.3) is 10.1 Å². The van der Waals surface area contributed by atoms with Crippen molar-refractivity contribution in [3.8, 4) is 0 Å². The van der Waals surface area contributed by atoms with E-state index < -0.39 is 45.0 Å². The summed E-state index contributed by atoms with van der Waals surface area (Å²) in [6.45, 7) is 15.2. The molecule has 2 fully saturated rings. The number of hydrogen-bond donors (Lipinski definition) is 1. The molecule has 1 aromatic carbocycles. The first-order valence-corrected chi connectivity index (χ1v) is 15.0. The third-order valence-corrected chi connectivity index (χ3v) is 11.3. The van der Waals surface area contributed by atoms with E-state index in [4.69, 9.17) is 8.92 Å². The molecular formula is C30H44O7S. The summed E-state index contributed by atoms with van der Waals surface area (Å²) < 4.78 is 35.5. The van der Waals surface area contributed by atoms with Gasteiger partial charge in [-0.1, -0.05) is 58.4 Å². The molecule has 0 aliphatic heterocycles. The van der Waals surface area contributed by atoms with Crippen LogP contribution in [0.3, 0.4) is 0 Å². The number of hydrogen-bond acceptors (Lipinski definition) is 7. The second-order valence-electron chi connectivity index (χ2n) is 12.1. The Hall–Kier alpha value is -2.03. The maximum atomic E-state index is 13.4. The number of rotatable bonds is 11. The average Bonchev–Trinajstić information content (AvgIpc) is 3.26. The lowest BCUT2D eigenvalue weighted by Crippen LogP contribution is -2.56. The van der Waals surface area contributed by atoms with E-state index in [1.165, 1.54) is 12.1 Å². The van der Waals surface area contributed by atoms with Crippen molar-refractivity contribution in [3.63, 3.8) is 0 Å². The quantitative estimate of drug-likeness (QED) is 0.229. The summed E-state index contributed by atoms with van der Waals surface area (Å²) in [5.74, 6) is -1.10. The van der Waals surface area contributed by atoms with E-state index in [1.54, 1.807) is 12.1 Å². The van der Waals surface area contributed by atoms with Crippen molar-refractivity contribution in [1.29, 1.82) is 0 Å². The molecule has 0 aromatic heterocycles. The predicted octanol–water partition coefficient (Wildman–Crippen LogP) is 5.24. The van der Waals surface area contributed by atoms with E-state index in [0.717, 1.165) is 24.8 Å². The number of Topliss-reactive ketones (excluding diaryl/α,β-unsaturated/α-hetero) is 1. The molecule has 3 rings (SSSR count). The third-order valence-electron chi connectivity index (χ3n) is 10.0. The Morgan fingerprint density at radius 2 is 1.92 bits per heavy atom. The second kappa shape index (κ2) is 11.2. The zero-order chi connectivity index (χ0) is 28.5. The lowest BCUT2D eigenvalue weighted by molar-refractivity contribution is -0.169. The fourth-order valence-electron chi connectivity index (χ4n) is 6.84. The lowest BCUT2D eigenvalue weighted by atomic mass is 9.48. The molecule has 0 heterocycles. The summed E-state index contributed by atoms with van der Waals surface area (Å²) in [5.41, 5.74) is -0.630. The molecule has 0 radical (unpaired) electrons. The highest BCUT2D eigenvalue weighted by Crippen LogP contribution is 2.64. The van der Waals surface area contributed by atoms with Gasteiger partial charge in [-0.05, 0) is 62.0 Å². The molecule has 0 amide bonds. The summed E-state index contributed by atoms with van der Waals surface area (Å²) >= 11 is 0.